The lowest BCUT2D eigenvalue weighted by Crippen LogP contribution is -2.09. The van der Waals surface area contributed by atoms with Crippen LogP contribution in [0.3, 0.4) is 0 Å². The van der Waals surface area contributed by atoms with Crippen LogP contribution in [0.15, 0.2) is 115 Å². The zero-order valence-corrected chi connectivity index (χ0v) is 18.5. The topological polar surface area (TPSA) is 0 Å². The third kappa shape index (κ3) is 2.84. The van der Waals surface area contributed by atoms with Crippen LogP contribution in [0.5, 0.6) is 0 Å². The molecule has 2 aliphatic carbocycles. The zero-order chi connectivity index (χ0) is 21.8. The summed E-state index contributed by atoms with van der Waals surface area (Å²) in [5.74, 6) is 0.222. The fourth-order valence-corrected chi connectivity index (χ4v) is 6.08. The maximum absolute atomic E-state index is 2.36. The number of hydrogen-bond acceptors (Lipinski definition) is 0. The van der Waals surface area contributed by atoms with E-state index in [4.69, 9.17) is 0 Å². The molecular weight excluding hydrogens is 396 g/mol. The van der Waals surface area contributed by atoms with E-state index in [9.17, 15) is 0 Å². The molecule has 0 atom stereocenters. The molecule has 0 spiro atoms. The molecule has 0 bridgehead atoms. The minimum Gasteiger partial charge on any atom is -0.0622 e. The Morgan fingerprint density at radius 1 is 0.394 bits per heavy atom. The maximum atomic E-state index is 2.36. The summed E-state index contributed by atoms with van der Waals surface area (Å²) in [7, 11) is 0. The van der Waals surface area contributed by atoms with Crippen molar-refractivity contribution < 1.29 is 0 Å². The largest absolute Gasteiger partial charge is 0.0622 e. The standard InChI is InChI=1S/C33H24/c1-2-10-22(11-3-1)33(29-18-8-16-27-25-14-6-4-12-23(25)20-31(27)29)30-19-9-17-28-26-15-7-5-13-24(26)21-32(28)30/h1-19,33H,20-21H2. The van der Waals surface area contributed by atoms with Crippen molar-refractivity contribution in [3.8, 4) is 22.3 Å². The molecule has 0 fully saturated rings. The minimum atomic E-state index is 0.222. The average Bonchev–Trinajstić information content (AvgIpc) is 3.44. The van der Waals surface area contributed by atoms with Gasteiger partial charge in [0.15, 0.2) is 0 Å². The average molecular weight is 421 g/mol. The van der Waals surface area contributed by atoms with Crippen LogP contribution >= 0.6 is 0 Å². The first-order valence-corrected chi connectivity index (χ1v) is 11.8. The maximum Gasteiger partial charge on any atom is 0.0346 e. The summed E-state index contributed by atoms with van der Waals surface area (Å²) in [6.07, 6.45) is 2.03. The molecule has 0 unspecified atom stereocenters. The number of fused-ring (bicyclic) bond motifs is 6. The first kappa shape index (κ1) is 18.7. The molecule has 2 aliphatic rings. The van der Waals surface area contributed by atoms with Gasteiger partial charge in [-0.2, -0.15) is 0 Å². The molecular formula is C33H24. The predicted molar refractivity (Wildman–Crippen MR) is 137 cm³/mol. The van der Waals surface area contributed by atoms with Crippen molar-refractivity contribution in [3.63, 3.8) is 0 Å². The molecule has 5 aromatic carbocycles. The van der Waals surface area contributed by atoms with Gasteiger partial charge in [0.25, 0.3) is 0 Å². The van der Waals surface area contributed by atoms with Crippen molar-refractivity contribution in [2.45, 2.75) is 18.8 Å². The zero-order valence-electron chi connectivity index (χ0n) is 18.5. The van der Waals surface area contributed by atoms with Gasteiger partial charge in [0.05, 0.1) is 0 Å². The highest BCUT2D eigenvalue weighted by Crippen LogP contribution is 2.47. The van der Waals surface area contributed by atoms with Crippen LogP contribution in [0.4, 0.5) is 0 Å². The lowest BCUT2D eigenvalue weighted by Gasteiger charge is -2.24. The highest BCUT2D eigenvalue weighted by atomic mass is 14.3. The van der Waals surface area contributed by atoms with Gasteiger partial charge < -0.3 is 0 Å². The first-order valence-electron chi connectivity index (χ1n) is 11.8. The summed E-state index contributed by atoms with van der Waals surface area (Å²) in [6, 6.07) is 42.7. The summed E-state index contributed by atoms with van der Waals surface area (Å²) in [6.45, 7) is 0. The second kappa shape index (κ2) is 7.32. The number of hydrogen-bond donors (Lipinski definition) is 0. The van der Waals surface area contributed by atoms with Crippen molar-refractivity contribution in [2.24, 2.45) is 0 Å². The van der Waals surface area contributed by atoms with Gasteiger partial charge in [0, 0.05) is 5.92 Å². The lowest BCUT2D eigenvalue weighted by molar-refractivity contribution is 0.936. The summed E-state index contributed by atoms with van der Waals surface area (Å²) in [5, 5.41) is 0. The highest BCUT2D eigenvalue weighted by molar-refractivity contribution is 5.81. The van der Waals surface area contributed by atoms with Crippen LogP contribution in [-0.4, -0.2) is 0 Å². The Balaban J connectivity index is 1.47. The van der Waals surface area contributed by atoms with Gasteiger partial charge >= 0.3 is 0 Å². The summed E-state index contributed by atoms with van der Waals surface area (Å²) >= 11 is 0. The van der Waals surface area contributed by atoms with Crippen LogP contribution in [0.2, 0.25) is 0 Å². The third-order valence-electron chi connectivity index (χ3n) is 7.53. The third-order valence-corrected chi connectivity index (χ3v) is 7.53. The number of rotatable bonds is 3. The van der Waals surface area contributed by atoms with Gasteiger partial charge in [-0.1, -0.05) is 115 Å². The molecule has 7 rings (SSSR count). The Bertz CT molecular complexity index is 1410. The molecule has 0 radical (unpaired) electrons. The Kier molecular flexibility index (Phi) is 4.14. The van der Waals surface area contributed by atoms with Gasteiger partial charge in [-0.05, 0) is 74.0 Å². The van der Waals surface area contributed by atoms with Gasteiger partial charge in [0.1, 0.15) is 0 Å². The van der Waals surface area contributed by atoms with Gasteiger partial charge in [0.2, 0.25) is 0 Å². The lowest BCUT2D eigenvalue weighted by atomic mass is 9.79. The Hall–Kier alpha value is -3.90. The van der Waals surface area contributed by atoms with E-state index in [1.807, 2.05) is 0 Å². The molecule has 0 saturated heterocycles. The Morgan fingerprint density at radius 2 is 0.848 bits per heavy atom. The summed E-state index contributed by atoms with van der Waals surface area (Å²) in [4.78, 5) is 0. The van der Waals surface area contributed by atoms with E-state index < -0.39 is 0 Å². The van der Waals surface area contributed by atoms with Crippen molar-refractivity contribution in [3.05, 3.63) is 154 Å². The molecule has 0 aliphatic heterocycles. The molecule has 0 amide bonds. The molecule has 0 heterocycles. The van der Waals surface area contributed by atoms with Crippen LogP contribution < -0.4 is 0 Å². The van der Waals surface area contributed by atoms with E-state index in [1.165, 1.54) is 61.2 Å². The molecule has 5 aromatic rings. The van der Waals surface area contributed by atoms with Crippen molar-refractivity contribution in [1.82, 2.24) is 0 Å². The van der Waals surface area contributed by atoms with Gasteiger partial charge in [-0.15, -0.1) is 0 Å². The van der Waals surface area contributed by atoms with E-state index in [0.29, 0.717) is 0 Å². The van der Waals surface area contributed by atoms with Crippen LogP contribution in [0.25, 0.3) is 22.3 Å². The van der Waals surface area contributed by atoms with Crippen molar-refractivity contribution in [2.75, 3.05) is 0 Å². The predicted octanol–water partition coefficient (Wildman–Crippen LogP) is 8.01. The van der Waals surface area contributed by atoms with Crippen LogP contribution in [0, 0.1) is 0 Å². The van der Waals surface area contributed by atoms with E-state index >= 15 is 0 Å². The van der Waals surface area contributed by atoms with Crippen molar-refractivity contribution >= 4 is 0 Å². The first-order chi connectivity index (χ1) is 16.4. The van der Waals surface area contributed by atoms with Gasteiger partial charge in [-0.25, -0.2) is 0 Å². The minimum absolute atomic E-state index is 0.222. The SMILES string of the molecule is c1ccc(C(c2cccc3c2Cc2ccccc2-3)c2cccc3c2Cc2ccccc2-3)cc1. The van der Waals surface area contributed by atoms with E-state index in [2.05, 4.69) is 115 Å². The molecule has 156 valence electrons. The van der Waals surface area contributed by atoms with Crippen molar-refractivity contribution in [1.29, 1.82) is 0 Å². The smallest absolute Gasteiger partial charge is 0.0346 e. The van der Waals surface area contributed by atoms with Crippen LogP contribution in [0.1, 0.15) is 44.9 Å². The molecule has 0 heteroatoms. The number of benzene rings is 5. The fraction of sp³-hybridized carbons (Fsp3) is 0.0909. The Morgan fingerprint density at radius 3 is 1.39 bits per heavy atom. The van der Waals surface area contributed by atoms with Crippen LogP contribution in [-0.2, 0) is 12.8 Å². The van der Waals surface area contributed by atoms with E-state index in [1.54, 1.807) is 0 Å². The molecule has 0 N–H and O–H groups in total. The quantitative estimate of drug-likeness (QED) is 0.254. The van der Waals surface area contributed by atoms with E-state index in [-0.39, 0.29) is 5.92 Å². The monoisotopic (exact) mass is 420 g/mol. The second-order valence-electron chi connectivity index (χ2n) is 9.26. The normalized spacial score (nSPS) is 12.9. The van der Waals surface area contributed by atoms with Gasteiger partial charge in [-0.3, -0.25) is 0 Å². The summed E-state index contributed by atoms with van der Waals surface area (Å²) < 4.78 is 0. The highest BCUT2D eigenvalue weighted by Gasteiger charge is 2.30. The van der Waals surface area contributed by atoms with E-state index in [0.717, 1.165) is 12.8 Å². The molecule has 0 nitrogen and oxygen atoms in total. The fourth-order valence-electron chi connectivity index (χ4n) is 6.08. The summed E-state index contributed by atoms with van der Waals surface area (Å²) in [5.41, 5.74) is 15.7. The Labute approximate surface area is 195 Å². The second-order valence-corrected chi connectivity index (χ2v) is 9.26. The molecule has 0 aromatic heterocycles. The molecule has 33 heavy (non-hydrogen) atoms. The molecule has 0 saturated carbocycles.